The molecular formula is C19H21N3O2. The van der Waals surface area contributed by atoms with Crippen LogP contribution >= 0.6 is 0 Å². The van der Waals surface area contributed by atoms with Gasteiger partial charge in [-0.2, -0.15) is 0 Å². The minimum Gasteiger partial charge on any atom is -0.436 e. The number of aliphatic hydroxyl groups is 1. The fraction of sp³-hybridized carbons (Fsp3) is 0.263. The number of para-hydroxylation sites is 2. The van der Waals surface area contributed by atoms with Crippen LogP contribution in [0.2, 0.25) is 0 Å². The maximum Gasteiger partial charge on any atom is 0.227 e. The second-order valence-electron chi connectivity index (χ2n) is 5.89. The van der Waals surface area contributed by atoms with E-state index in [-0.39, 0.29) is 0 Å². The van der Waals surface area contributed by atoms with Gasteiger partial charge in [0, 0.05) is 18.7 Å². The van der Waals surface area contributed by atoms with Crippen molar-refractivity contribution in [1.29, 1.82) is 0 Å². The van der Waals surface area contributed by atoms with Gasteiger partial charge in [0.05, 0.1) is 11.8 Å². The summed E-state index contributed by atoms with van der Waals surface area (Å²) < 4.78 is 5.84. The Bertz CT molecular complexity index is 810. The van der Waals surface area contributed by atoms with Crippen LogP contribution < -0.4 is 0 Å². The number of hydrogen-bond acceptors (Lipinski definition) is 5. The highest BCUT2D eigenvalue weighted by molar-refractivity contribution is 5.83. The Kier molecular flexibility index (Phi) is 4.62. The lowest BCUT2D eigenvalue weighted by Gasteiger charge is -2.24. The third-order valence-electron chi connectivity index (χ3n) is 3.73. The van der Waals surface area contributed by atoms with E-state index < -0.39 is 6.10 Å². The molecule has 1 aliphatic rings. The van der Waals surface area contributed by atoms with Gasteiger partial charge in [0.2, 0.25) is 5.89 Å². The number of amidine groups is 1. The van der Waals surface area contributed by atoms with Gasteiger partial charge >= 0.3 is 0 Å². The first-order chi connectivity index (χ1) is 11.5. The molecule has 1 aromatic heterocycles. The molecule has 2 aromatic rings. The normalized spacial score (nSPS) is 22.8. The lowest BCUT2D eigenvalue weighted by molar-refractivity contribution is 0.163. The molecule has 0 saturated heterocycles. The summed E-state index contributed by atoms with van der Waals surface area (Å²) in [5, 5.41) is 9.65. The van der Waals surface area contributed by atoms with Gasteiger partial charge in [-0.05, 0) is 32.1 Å². The van der Waals surface area contributed by atoms with E-state index in [1.165, 1.54) is 0 Å². The predicted octanol–water partition coefficient (Wildman–Crippen LogP) is 3.40. The minimum absolute atomic E-state index is 0.429. The zero-order valence-corrected chi connectivity index (χ0v) is 13.9. The summed E-state index contributed by atoms with van der Waals surface area (Å²) in [5.74, 6) is 1.37. The monoisotopic (exact) mass is 323 g/mol. The van der Waals surface area contributed by atoms with Gasteiger partial charge in [0.1, 0.15) is 11.4 Å². The van der Waals surface area contributed by atoms with E-state index in [1.54, 1.807) is 6.92 Å². The number of hydrogen-bond donors (Lipinski definition) is 1. The van der Waals surface area contributed by atoms with Gasteiger partial charge in [-0.25, -0.2) is 9.98 Å². The number of fused-ring (bicyclic) bond motifs is 1. The summed E-state index contributed by atoms with van der Waals surface area (Å²) in [6, 6.07) is 7.67. The molecule has 0 spiro atoms. The van der Waals surface area contributed by atoms with Crippen molar-refractivity contribution in [2.45, 2.75) is 20.0 Å². The average Bonchev–Trinajstić information content (AvgIpc) is 2.97. The van der Waals surface area contributed by atoms with Crippen LogP contribution in [0.15, 0.2) is 64.2 Å². The standard InChI is InChI=1S/C19H21N3O2/c1-13-11-16(19-21-17-8-4-5-9-18(17)24-19)7-6-10-22(12-14(2)23)15(3)20-13/h4-9,11,14,23H,1,10,12H2,2-3H3/b7-6-,16-11+,20-15-. The highest BCUT2D eigenvalue weighted by Crippen LogP contribution is 2.23. The van der Waals surface area contributed by atoms with E-state index in [0.29, 0.717) is 24.7 Å². The number of aliphatic hydroxyl groups excluding tert-OH is 1. The van der Waals surface area contributed by atoms with Crippen molar-refractivity contribution in [3.8, 4) is 0 Å². The first kappa shape index (κ1) is 16.2. The molecule has 124 valence electrons. The quantitative estimate of drug-likeness (QED) is 0.940. The summed E-state index contributed by atoms with van der Waals surface area (Å²) in [6.07, 6.45) is 5.40. The maximum atomic E-state index is 9.65. The van der Waals surface area contributed by atoms with E-state index in [2.05, 4.69) is 16.6 Å². The van der Waals surface area contributed by atoms with Gasteiger partial charge < -0.3 is 14.4 Å². The number of oxazole rings is 1. The van der Waals surface area contributed by atoms with Crippen LogP contribution in [0.4, 0.5) is 0 Å². The first-order valence-corrected chi connectivity index (χ1v) is 7.94. The molecule has 5 heteroatoms. The molecule has 1 aromatic carbocycles. The number of allylic oxidation sites excluding steroid dienone is 3. The van der Waals surface area contributed by atoms with Gasteiger partial charge in [0.25, 0.3) is 0 Å². The second-order valence-corrected chi connectivity index (χ2v) is 5.89. The van der Waals surface area contributed by atoms with Gasteiger partial charge in [0.15, 0.2) is 5.58 Å². The topological polar surface area (TPSA) is 61.9 Å². The Labute approximate surface area is 141 Å². The molecule has 0 saturated carbocycles. The Balaban J connectivity index is 1.94. The summed E-state index contributed by atoms with van der Waals surface area (Å²) in [6.45, 7) is 8.84. The highest BCUT2D eigenvalue weighted by Gasteiger charge is 2.13. The van der Waals surface area contributed by atoms with Crippen LogP contribution in [0.25, 0.3) is 16.7 Å². The minimum atomic E-state index is -0.429. The van der Waals surface area contributed by atoms with E-state index in [0.717, 1.165) is 22.5 Å². The van der Waals surface area contributed by atoms with Crippen LogP contribution in [-0.4, -0.2) is 40.0 Å². The Hall–Kier alpha value is -2.66. The molecular weight excluding hydrogens is 302 g/mol. The van der Waals surface area contributed by atoms with E-state index >= 15 is 0 Å². The number of β-amino-alcohol motifs (C(OH)–C–C–N with tert-alkyl or cyclic N) is 1. The molecule has 5 nitrogen and oxygen atoms in total. The van der Waals surface area contributed by atoms with Gasteiger partial charge in [-0.3, -0.25) is 0 Å². The van der Waals surface area contributed by atoms with Crippen molar-refractivity contribution in [2.75, 3.05) is 13.1 Å². The van der Waals surface area contributed by atoms with Crippen molar-refractivity contribution in [3.63, 3.8) is 0 Å². The lowest BCUT2D eigenvalue weighted by Crippen LogP contribution is -2.35. The number of aromatic nitrogens is 1. The highest BCUT2D eigenvalue weighted by atomic mass is 16.3. The zero-order chi connectivity index (χ0) is 17.1. The Morgan fingerprint density at radius 2 is 2.17 bits per heavy atom. The number of benzene rings is 1. The summed E-state index contributed by atoms with van der Waals surface area (Å²) in [7, 11) is 0. The summed E-state index contributed by atoms with van der Waals surface area (Å²) in [4.78, 5) is 11.1. The number of rotatable bonds is 3. The molecule has 0 radical (unpaired) electrons. The molecule has 1 aliphatic heterocycles. The molecule has 1 atom stereocenters. The summed E-state index contributed by atoms with van der Waals surface area (Å²) >= 11 is 0. The maximum absolute atomic E-state index is 9.65. The fourth-order valence-corrected chi connectivity index (χ4v) is 2.63. The lowest BCUT2D eigenvalue weighted by atomic mass is 10.2. The van der Waals surface area contributed by atoms with Crippen LogP contribution in [0.1, 0.15) is 19.7 Å². The SMILES string of the molecule is C=C1/C=C(c2nc3ccccc3o2)\C=C/CN(CC(C)O)/C(C)=N\1. The van der Waals surface area contributed by atoms with Crippen LogP contribution in [0, 0.1) is 0 Å². The molecule has 1 unspecified atom stereocenters. The molecule has 0 amide bonds. The third kappa shape index (κ3) is 3.63. The second kappa shape index (κ2) is 6.84. The molecule has 0 bridgehead atoms. The van der Waals surface area contributed by atoms with Gasteiger partial charge in [-0.1, -0.05) is 30.9 Å². The molecule has 3 rings (SSSR count). The van der Waals surface area contributed by atoms with Crippen molar-refractivity contribution in [2.24, 2.45) is 4.99 Å². The molecule has 0 fully saturated rings. The largest absolute Gasteiger partial charge is 0.436 e. The molecule has 1 N–H and O–H groups in total. The van der Waals surface area contributed by atoms with Crippen molar-refractivity contribution < 1.29 is 9.52 Å². The molecule has 2 heterocycles. The van der Waals surface area contributed by atoms with E-state index in [9.17, 15) is 5.11 Å². The van der Waals surface area contributed by atoms with Crippen LogP contribution in [0.5, 0.6) is 0 Å². The number of aliphatic imine (C=N–C) groups is 1. The Morgan fingerprint density at radius 1 is 1.38 bits per heavy atom. The number of nitrogens with zero attached hydrogens (tertiary/aromatic N) is 3. The van der Waals surface area contributed by atoms with Crippen molar-refractivity contribution in [1.82, 2.24) is 9.88 Å². The smallest absolute Gasteiger partial charge is 0.227 e. The van der Waals surface area contributed by atoms with Crippen LogP contribution in [-0.2, 0) is 0 Å². The van der Waals surface area contributed by atoms with E-state index in [1.807, 2.05) is 54.3 Å². The van der Waals surface area contributed by atoms with Crippen molar-refractivity contribution >= 4 is 22.5 Å². The third-order valence-corrected chi connectivity index (χ3v) is 3.73. The Morgan fingerprint density at radius 3 is 2.92 bits per heavy atom. The van der Waals surface area contributed by atoms with Gasteiger partial charge in [-0.15, -0.1) is 0 Å². The average molecular weight is 323 g/mol. The molecule has 24 heavy (non-hydrogen) atoms. The van der Waals surface area contributed by atoms with Crippen LogP contribution in [0.3, 0.4) is 0 Å². The molecule has 0 aliphatic carbocycles. The first-order valence-electron chi connectivity index (χ1n) is 7.94. The zero-order valence-electron chi connectivity index (χ0n) is 13.9. The fourth-order valence-electron chi connectivity index (χ4n) is 2.63. The summed E-state index contributed by atoms with van der Waals surface area (Å²) in [5.41, 5.74) is 3.02. The predicted molar refractivity (Wildman–Crippen MR) is 96.6 cm³/mol. The van der Waals surface area contributed by atoms with Crippen molar-refractivity contribution in [3.05, 3.63) is 60.7 Å². The van der Waals surface area contributed by atoms with E-state index in [4.69, 9.17) is 4.42 Å².